The second-order valence-electron chi connectivity index (χ2n) is 20.0. The number of aryl methyl sites for hydroxylation is 1. The van der Waals surface area contributed by atoms with Gasteiger partial charge in [-0.15, -0.1) is 5.10 Å². The van der Waals surface area contributed by atoms with Gasteiger partial charge in [-0.05, 0) is 66.5 Å². The molecule has 0 aliphatic carbocycles. The van der Waals surface area contributed by atoms with Gasteiger partial charge in [0.15, 0.2) is 5.96 Å². The van der Waals surface area contributed by atoms with E-state index in [0.717, 1.165) is 28.1 Å². The second kappa shape index (κ2) is 28.5. The van der Waals surface area contributed by atoms with Gasteiger partial charge in [0.25, 0.3) is 0 Å². The number of nitrogens with one attached hydrogen (secondary N) is 9. The molecule has 424 valence electrons. The van der Waals surface area contributed by atoms with Crippen LogP contribution in [0.5, 0.6) is 0 Å². The fourth-order valence-corrected chi connectivity index (χ4v) is 9.56. The number of para-hydroxylation sites is 1. The number of aromatic amines is 2. The summed E-state index contributed by atoms with van der Waals surface area (Å²) in [6.45, 7) is 3.58. The topological polar surface area (TPSA) is 386 Å². The summed E-state index contributed by atoms with van der Waals surface area (Å²) in [6, 6.07) is 11.5. The van der Waals surface area contributed by atoms with Gasteiger partial charge in [-0.25, -0.2) is 4.98 Å². The molecule has 8 amide bonds. The molecule has 3 aromatic carbocycles. The van der Waals surface area contributed by atoms with Crippen LogP contribution in [0.15, 0.2) is 96.6 Å². The van der Waals surface area contributed by atoms with Crippen molar-refractivity contribution in [1.29, 1.82) is 0 Å². The molecule has 0 saturated heterocycles. The minimum absolute atomic E-state index is 0.0419. The van der Waals surface area contributed by atoms with Gasteiger partial charge in [-0.1, -0.05) is 85.6 Å². The number of hydrogen-bond donors (Lipinski definition) is 12. The van der Waals surface area contributed by atoms with Crippen molar-refractivity contribution in [3.63, 3.8) is 0 Å². The number of nitrogens with zero attached hydrogens (tertiary/aromatic N) is 5. The summed E-state index contributed by atoms with van der Waals surface area (Å²) in [5, 5.41) is 30.6. The number of H-pyrrole nitrogens is 2. The fraction of sp³-hybridized carbons (Fsp3) is 0.418. The number of primary amides is 1. The van der Waals surface area contributed by atoms with Crippen LogP contribution in [0.25, 0.3) is 21.7 Å². The Bertz CT molecular complexity index is 3150. The molecular weight excluding hydrogens is 1030 g/mol. The van der Waals surface area contributed by atoms with Crippen molar-refractivity contribution in [1.82, 2.24) is 67.2 Å². The average Bonchev–Trinajstić information content (AvgIpc) is 4.22. The molecule has 25 heteroatoms. The van der Waals surface area contributed by atoms with E-state index in [2.05, 4.69) is 67.5 Å². The Morgan fingerprint density at radius 2 is 1.46 bits per heavy atom. The zero-order valence-electron chi connectivity index (χ0n) is 44.8. The number of hydrogen-bond acceptors (Lipinski definition) is 12. The quantitative estimate of drug-likeness (QED) is 0.0331. The molecule has 0 spiro atoms. The van der Waals surface area contributed by atoms with E-state index in [1.807, 2.05) is 73.7 Å². The second-order valence-corrected chi connectivity index (χ2v) is 20.0. The van der Waals surface area contributed by atoms with E-state index in [4.69, 9.17) is 17.2 Å². The van der Waals surface area contributed by atoms with Crippen molar-refractivity contribution in [2.24, 2.45) is 22.2 Å². The van der Waals surface area contributed by atoms with E-state index < -0.39 is 89.6 Å². The lowest BCUT2D eigenvalue weighted by Crippen LogP contribution is -2.61. The molecule has 1 aliphatic rings. The SMILES string of the molecule is CCCC[C@H](NC(C)=O)C(=O)N[C@H]1Cc2cn(nn2)CCCC[C@@H](C(N)=O)NC(=O)[C@H](Cc2c[nH]c3ccccc23)NC(=O)[C@H](CCCN=C(N)N)NC(=O)[C@@H](Cc2ccc3ccccc3c2)NC(=O)[C@H](Cc2cnc[nH]2)NC1=O. The Balaban J connectivity index is 1.28. The molecule has 1 aliphatic heterocycles. The van der Waals surface area contributed by atoms with Crippen molar-refractivity contribution >= 4 is 74.9 Å². The van der Waals surface area contributed by atoms with Gasteiger partial charge in [0, 0.05) is 80.9 Å². The van der Waals surface area contributed by atoms with Crippen molar-refractivity contribution < 1.29 is 38.4 Å². The minimum Gasteiger partial charge on any atom is -0.370 e. The van der Waals surface area contributed by atoms with Gasteiger partial charge in [0.2, 0.25) is 47.3 Å². The van der Waals surface area contributed by atoms with Crippen LogP contribution in [0.1, 0.15) is 87.7 Å². The number of nitrogens with two attached hydrogens (primary N) is 3. The van der Waals surface area contributed by atoms with Crippen molar-refractivity contribution in [2.75, 3.05) is 6.54 Å². The predicted molar refractivity (Wildman–Crippen MR) is 297 cm³/mol. The number of benzene rings is 3. The number of carbonyl (C=O) groups excluding carboxylic acids is 8. The summed E-state index contributed by atoms with van der Waals surface area (Å²) >= 11 is 0. The maximum absolute atomic E-state index is 15.0. The third-order valence-corrected chi connectivity index (χ3v) is 13.8. The molecule has 25 nitrogen and oxygen atoms in total. The molecule has 7 atom stereocenters. The first-order valence-corrected chi connectivity index (χ1v) is 26.9. The number of fused-ring (bicyclic) bond motifs is 4. The summed E-state index contributed by atoms with van der Waals surface area (Å²) in [4.78, 5) is 128. The van der Waals surface area contributed by atoms with Gasteiger partial charge >= 0.3 is 0 Å². The predicted octanol–water partition coefficient (Wildman–Crippen LogP) is 0.233. The molecular formula is C55H71N17O8. The smallest absolute Gasteiger partial charge is 0.243 e. The summed E-state index contributed by atoms with van der Waals surface area (Å²) < 4.78 is 1.53. The van der Waals surface area contributed by atoms with E-state index >= 15 is 4.79 Å². The Morgan fingerprint density at radius 3 is 2.19 bits per heavy atom. The molecule has 0 fully saturated rings. The molecule has 6 aromatic rings. The molecule has 0 radical (unpaired) electrons. The Labute approximate surface area is 461 Å². The van der Waals surface area contributed by atoms with Gasteiger partial charge in [-0.2, -0.15) is 0 Å². The molecule has 7 rings (SSSR count). The molecule has 2 bridgehead atoms. The van der Waals surface area contributed by atoms with Crippen molar-refractivity contribution in [3.05, 3.63) is 114 Å². The highest BCUT2D eigenvalue weighted by Gasteiger charge is 2.35. The van der Waals surface area contributed by atoms with E-state index in [1.165, 1.54) is 24.1 Å². The zero-order valence-corrected chi connectivity index (χ0v) is 44.8. The van der Waals surface area contributed by atoms with Crippen LogP contribution >= 0.6 is 0 Å². The standard InChI is InChI=1S/C55H71N17O8/c1-3-4-15-42(63-32(2)73)49(75)68-47-27-38-30-72(71-70-38)22-10-9-17-41(48(56)74)64-52(78)45(25-36-28-61-40-16-8-7-14-39(36)40)67-50(76)43(18-11-21-60-55(57)58)65-51(77)44(24-33-19-20-34-12-5-6-13-35(34)23-33)66-53(79)46(69-54(47)80)26-37-29-59-31-62-37/h5-8,12-14,16,19-20,23,28-31,41-47,61H,3-4,9-11,15,17-18,21-22,24-27H2,1-2H3,(H2,56,74)(H,59,62)(H,63,73)(H,64,78)(H,65,77)(H,66,79)(H,67,76)(H,68,75)(H,69,80)(H4,57,58,60)/t41-,42-,43-,44+,45-,46-,47-/m0/s1. The largest absolute Gasteiger partial charge is 0.370 e. The van der Waals surface area contributed by atoms with E-state index in [1.54, 1.807) is 12.4 Å². The third kappa shape index (κ3) is 16.9. The number of imidazole rings is 1. The number of rotatable bonds is 17. The first kappa shape index (κ1) is 58.5. The highest BCUT2D eigenvalue weighted by Crippen LogP contribution is 2.21. The number of unbranched alkanes of at least 4 members (excludes halogenated alkanes) is 1. The molecule has 15 N–H and O–H groups in total. The van der Waals surface area contributed by atoms with Crippen LogP contribution in [0.4, 0.5) is 0 Å². The number of aromatic nitrogens is 6. The lowest BCUT2D eigenvalue weighted by Gasteiger charge is -2.28. The lowest BCUT2D eigenvalue weighted by molar-refractivity contribution is -0.135. The summed E-state index contributed by atoms with van der Waals surface area (Å²) in [5.74, 6) is -5.99. The van der Waals surface area contributed by atoms with Crippen molar-refractivity contribution in [3.8, 4) is 0 Å². The van der Waals surface area contributed by atoms with Gasteiger partial charge in [0.1, 0.15) is 42.3 Å². The Kier molecular flexibility index (Phi) is 20.8. The molecule has 3 aromatic heterocycles. The van der Waals surface area contributed by atoms with Crippen LogP contribution in [-0.4, -0.2) is 132 Å². The lowest BCUT2D eigenvalue weighted by atomic mass is 9.99. The van der Waals surface area contributed by atoms with Crippen LogP contribution in [0.3, 0.4) is 0 Å². The molecule has 0 saturated carbocycles. The normalized spacial score (nSPS) is 20.4. The highest BCUT2D eigenvalue weighted by molar-refractivity contribution is 5.98. The first-order chi connectivity index (χ1) is 38.5. The number of guanidine groups is 1. The molecule has 0 unspecified atom stereocenters. The van der Waals surface area contributed by atoms with Crippen molar-refractivity contribution in [2.45, 2.75) is 140 Å². The average molecular weight is 1100 g/mol. The first-order valence-electron chi connectivity index (χ1n) is 26.9. The molecule has 80 heavy (non-hydrogen) atoms. The number of amides is 8. The van der Waals surface area contributed by atoms with E-state index in [9.17, 15) is 33.6 Å². The number of carbonyl (C=O) groups is 8. The van der Waals surface area contributed by atoms with Crippen LogP contribution in [0, 0.1) is 0 Å². The Morgan fingerprint density at radius 1 is 0.775 bits per heavy atom. The van der Waals surface area contributed by atoms with Crippen LogP contribution < -0.4 is 54.4 Å². The Hall–Kier alpha value is -9.16. The van der Waals surface area contributed by atoms with Gasteiger partial charge < -0.3 is 64.4 Å². The summed E-state index contributed by atoms with van der Waals surface area (Å²) in [5.41, 5.74) is 20.0. The number of aliphatic imine (C=N–C) groups is 1. The van der Waals surface area contributed by atoms with Crippen LogP contribution in [-0.2, 0) is 70.6 Å². The third-order valence-electron chi connectivity index (χ3n) is 13.8. The zero-order chi connectivity index (χ0) is 57.1. The monoisotopic (exact) mass is 1100 g/mol. The van der Waals surface area contributed by atoms with Gasteiger partial charge in [0.05, 0.1) is 12.0 Å². The maximum Gasteiger partial charge on any atom is 0.243 e. The fourth-order valence-electron chi connectivity index (χ4n) is 9.56. The molecule has 4 heterocycles. The minimum atomic E-state index is -1.41. The highest BCUT2D eigenvalue weighted by atomic mass is 16.2. The van der Waals surface area contributed by atoms with E-state index in [-0.39, 0.29) is 63.9 Å². The van der Waals surface area contributed by atoms with Crippen LogP contribution in [0.2, 0.25) is 0 Å². The summed E-state index contributed by atoms with van der Waals surface area (Å²) in [7, 11) is 0. The van der Waals surface area contributed by atoms with E-state index in [0.29, 0.717) is 48.3 Å². The maximum atomic E-state index is 15.0. The summed E-state index contributed by atoms with van der Waals surface area (Å²) in [6.07, 6.45) is 8.33. The van der Waals surface area contributed by atoms with Gasteiger partial charge in [-0.3, -0.25) is 48.0 Å².